The number of ether oxygens (including phenoxy) is 3. The number of carbonyl (C=O) groups excluding carboxylic acids is 1. The Morgan fingerprint density at radius 1 is 1.00 bits per heavy atom. The first-order chi connectivity index (χ1) is 13.1. The van der Waals surface area contributed by atoms with Crippen LogP contribution in [0.5, 0.6) is 17.2 Å². The van der Waals surface area contributed by atoms with Crippen LogP contribution in [0.3, 0.4) is 0 Å². The Morgan fingerprint density at radius 2 is 1.78 bits per heavy atom. The molecule has 2 aromatic carbocycles. The number of fused-ring (bicyclic) bond motifs is 3. The second-order valence-corrected chi connectivity index (χ2v) is 7.17. The van der Waals surface area contributed by atoms with E-state index < -0.39 is 0 Å². The molecule has 142 valence electrons. The van der Waals surface area contributed by atoms with E-state index in [1.165, 1.54) is 11.1 Å². The number of nitrogens with zero attached hydrogens (tertiary/aromatic N) is 1. The van der Waals surface area contributed by atoms with Crippen molar-refractivity contribution in [3.63, 3.8) is 0 Å². The Balaban J connectivity index is 1.64. The fourth-order valence-corrected chi connectivity index (χ4v) is 4.36. The molecule has 0 saturated carbocycles. The smallest absolute Gasteiger partial charge is 0.161 e. The van der Waals surface area contributed by atoms with Crippen LogP contribution < -0.4 is 14.2 Å². The van der Waals surface area contributed by atoms with Crippen molar-refractivity contribution in [1.82, 2.24) is 4.90 Å². The monoisotopic (exact) mass is 367 g/mol. The van der Waals surface area contributed by atoms with E-state index in [4.69, 9.17) is 14.2 Å². The van der Waals surface area contributed by atoms with Crippen molar-refractivity contribution in [1.29, 1.82) is 0 Å². The van der Waals surface area contributed by atoms with Gasteiger partial charge >= 0.3 is 0 Å². The van der Waals surface area contributed by atoms with Gasteiger partial charge in [-0.3, -0.25) is 9.69 Å². The van der Waals surface area contributed by atoms with Gasteiger partial charge in [-0.2, -0.15) is 0 Å². The highest BCUT2D eigenvalue weighted by atomic mass is 16.5. The molecular weight excluding hydrogens is 342 g/mol. The number of Topliss-reactive ketones (excluding diaryl/α,β-unsaturated/α-hetero) is 1. The maximum atomic E-state index is 13.0. The Morgan fingerprint density at radius 3 is 2.52 bits per heavy atom. The molecule has 0 amide bonds. The van der Waals surface area contributed by atoms with E-state index >= 15 is 0 Å². The standard InChI is InChI=1S/C22H25NO4/c1-25-16-6-4-5-14(9-16)18-13-23-8-7-15-10-21(26-2)22(27-3)11-17(15)19(23)12-20(18)24/h4-6,9-11,18-19H,7-8,12-13H2,1-3H3. The van der Waals surface area contributed by atoms with Gasteiger partial charge < -0.3 is 14.2 Å². The summed E-state index contributed by atoms with van der Waals surface area (Å²) >= 11 is 0. The zero-order valence-electron chi connectivity index (χ0n) is 16.0. The van der Waals surface area contributed by atoms with Gasteiger partial charge in [-0.05, 0) is 47.4 Å². The fourth-order valence-electron chi connectivity index (χ4n) is 4.36. The van der Waals surface area contributed by atoms with Crippen molar-refractivity contribution in [3.05, 3.63) is 53.1 Å². The van der Waals surface area contributed by atoms with Crippen LogP contribution in [0.1, 0.15) is 35.1 Å². The van der Waals surface area contributed by atoms with Crippen molar-refractivity contribution in [3.8, 4) is 17.2 Å². The second kappa shape index (κ2) is 7.24. The predicted octanol–water partition coefficient (Wildman–Crippen LogP) is 3.37. The lowest BCUT2D eigenvalue weighted by atomic mass is 9.80. The largest absolute Gasteiger partial charge is 0.497 e. The molecule has 2 aliphatic heterocycles. The van der Waals surface area contributed by atoms with Gasteiger partial charge in [0, 0.05) is 25.6 Å². The van der Waals surface area contributed by atoms with E-state index in [1.807, 2.05) is 30.3 Å². The van der Waals surface area contributed by atoms with Crippen molar-refractivity contribution in [2.75, 3.05) is 34.4 Å². The summed E-state index contributed by atoms with van der Waals surface area (Å²) in [6.45, 7) is 1.69. The van der Waals surface area contributed by atoms with E-state index in [0.29, 0.717) is 6.42 Å². The minimum Gasteiger partial charge on any atom is -0.497 e. The second-order valence-electron chi connectivity index (χ2n) is 7.17. The van der Waals surface area contributed by atoms with Crippen LogP contribution in [0.25, 0.3) is 0 Å². The first kappa shape index (κ1) is 17.9. The summed E-state index contributed by atoms with van der Waals surface area (Å²) in [6.07, 6.45) is 1.47. The highest BCUT2D eigenvalue weighted by Crippen LogP contribution is 2.43. The number of carbonyl (C=O) groups is 1. The Bertz CT molecular complexity index is 863. The molecule has 2 aromatic rings. The maximum absolute atomic E-state index is 13.0. The molecule has 0 aliphatic carbocycles. The molecule has 5 heteroatoms. The summed E-state index contributed by atoms with van der Waals surface area (Å²) in [6, 6.07) is 12.1. The van der Waals surface area contributed by atoms with Gasteiger partial charge in [0.05, 0.1) is 27.2 Å². The van der Waals surface area contributed by atoms with Gasteiger partial charge in [-0.1, -0.05) is 12.1 Å². The normalized spacial score (nSPS) is 22.0. The van der Waals surface area contributed by atoms with Crippen LogP contribution in [0.2, 0.25) is 0 Å². The quantitative estimate of drug-likeness (QED) is 0.829. The predicted molar refractivity (Wildman–Crippen MR) is 103 cm³/mol. The van der Waals surface area contributed by atoms with Crippen LogP contribution in [0.15, 0.2) is 36.4 Å². The zero-order valence-corrected chi connectivity index (χ0v) is 16.0. The number of rotatable bonds is 4. The number of benzene rings is 2. The van der Waals surface area contributed by atoms with Crippen molar-refractivity contribution in [2.24, 2.45) is 0 Å². The molecule has 2 aliphatic rings. The zero-order chi connectivity index (χ0) is 19.0. The molecule has 0 N–H and O–H groups in total. The molecular formula is C22H25NO4. The van der Waals surface area contributed by atoms with Gasteiger partial charge in [0.25, 0.3) is 0 Å². The Labute approximate surface area is 159 Å². The summed E-state index contributed by atoms with van der Waals surface area (Å²) in [5, 5.41) is 0. The first-order valence-corrected chi connectivity index (χ1v) is 9.30. The summed E-state index contributed by atoms with van der Waals surface area (Å²) in [4.78, 5) is 15.4. The van der Waals surface area contributed by atoms with Crippen LogP contribution in [-0.4, -0.2) is 45.1 Å². The molecule has 1 saturated heterocycles. The molecule has 0 bridgehead atoms. The molecule has 0 radical (unpaired) electrons. The minimum absolute atomic E-state index is 0.0990. The number of piperidine rings is 1. The van der Waals surface area contributed by atoms with Gasteiger partial charge in [0.15, 0.2) is 11.5 Å². The molecule has 1 fully saturated rings. The minimum atomic E-state index is -0.0990. The SMILES string of the molecule is COc1cccc(C2CN3CCc4cc(OC)c(OC)cc4C3CC2=O)c1. The topological polar surface area (TPSA) is 48.0 Å². The molecule has 0 aromatic heterocycles. The molecule has 5 nitrogen and oxygen atoms in total. The average molecular weight is 367 g/mol. The highest BCUT2D eigenvalue weighted by molar-refractivity contribution is 5.87. The molecule has 27 heavy (non-hydrogen) atoms. The number of hydrogen-bond acceptors (Lipinski definition) is 5. The fraction of sp³-hybridized carbons (Fsp3) is 0.409. The molecule has 2 atom stereocenters. The summed E-state index contributed by atoms with van der Waals surface area (Å²) in [5.41, 5.74) is 3.48. The molecule has 4 rings (SSSR count). The number of hydrogen-bond donors (Lipinski definition) is 0. The van der Waals surface area contributed by atoms with Crippen LogP contribution in [0, 0.1) is 0 Å². The van der Waals surface area contributed by atoms with Crippen molar-refractivity contribution < 1.29 is 19.0 Å². The van der Waals surface area contributed by atoms with Gasteiger partial charge in [0.2, 0.25) is 0 Å². The molecule has 2 heterocycles. The number of ketones is 1. The molecule has 0 spiro atoms. The van der Waals surface area contributed by atoms with Gasteiger partial charge in [-0.25, -0.2) is 0 Å². The molecule has 2 unspecified atom stereocenters. The van der Waals surface area contributed by atoms with E-state index in [9.17, 15) is 4.79 Å². The summed E-state index contributed by atoms with van der Waals surface area (Å²) in [5.74, 6) is 2.45. The van der Waals surface area contributed by atoms with Crippen LogP contribution >= 0.6 is 0 Å². The van der Waals surface area contributed by atoms with Gasteiger partial charge in [-0.15, -0.1) is 0 Å². The van der Waals surface area contributed by atoms with E-state index in [-0.39, 0.29) is 17.7 Å². The lowest BCUT2D eigenvalue weighted by molar-refractivity contribution is -0.125. The lowest BCUT2D eigenvalue weighted by Gasteiger charge is -2.43. The summed E-state index contributed by atoms with van der Waals surface area (Å²) in [7, 11) is 4.96. The maximum Gasteiger partial charge on any atom is 0.161 e. The summed E-state index contributed by atoms with van der Waals surface area (Å²) < 4.78 is 16.3. The van der Waals surface area contributed by atoms with Crippen molar-refractivity contribution in [2.45, 2.75) is 24.8 Å². The highest BCUT2D eigenvalue weighted by Gasteiger charge is 2.39. The van der Waals surface area contributed by atoms with Crippen LogP contribution in [-0.2, 0) is 11.2 Å². The van der Waals surface area contributed by atoms with Crippen molar-refractivity contribution >= 4 is 5.78 Å². The average Bonchev–Trinajstić information content (AvgIpc) is 2.72. The Kier molecular flexibility index (Phi) is 4.79. The third kappa shape index (κ3) is 3.16. The third-order valence-electron chi connectivity index (χ3n) is 5.81. The van der Waals surface area contributed by atoms with E-state index in [2.05, 4.69) is 11.0 Å². The van der Waals surface area contributed by atoms with Crippen LogP contribution in [0.4, 0.5) is 0 Å². The van der Waals surface area contributed by atoms with E-state index in [1.54, 1.807) is 21.3 Å². The van der Waals surface area contributed by atoms with Gasteiger partial charge in [0.1, 0.15) is 11.5 Å². The Hall–Kier alpha value is -2.53. The van der Waals surface area contributed by atoms with E-state index in [0.717, 1.165) is 42.3 Å². The first-order valence-electron chi connectivity index (χ1n) is 9.30. The third-order valence-corrected chi connectivity index (χ3v) is 5.81. The lowest BCUT2D eigenvalue weighted by Crippen LogP contribution is -2.45. The number of methoxy groups -OCH3 is 3.